The lowest BCUT2D eigenvalue weighted by Gasteiger charge is -2.01. The summed E-state index contributed by atoms with van der Waals surface area (Å²) in [6.07, 6.45) is 1.08. The molecule has 0 radical (unpaired) electrons. The maximum atomic E-state index is 9.09. The summed E-state index contributed by atoms with van der Waals surface area (Å²) in [7, 11) is 0. The van der Waals surface area contributed by atoms with Crippen molar-refractivity contribution in [3.63, 3.8) is 0 Å². The van der Waals surface area contributed by atoms with Gasteiger partial charge in [-0.2, -0.15) is 0 Å². The molecule has 0 saturated carbocycles. The Balaban J connectivity index is 2.72. The Morgan fingerprint density at radius 2 is 2.21 bits per heavy atom. The average Bonchev–Trinajstić information content (AvgIpc) is 2.61. The predicted molar refractivity (Wildman–Crippen MR) is 69.8 cm³/mol. The monoisotopic (exact) mass is 318 g/mol. The zero-order chi connectivity index (χ0) is 10.1. The van der Waals surface area contributed by atoms with Crippen molar-refractivity contribution in [3.8, 4) is 0 Å². The van der Waals surface area contributed by atoms with E-state index in [1.54, 1.807) is 11.3 Å². The zero-order valence-corrected chi connectivity index (χ0v) is 10.9. The molecule has 0 fully saturated rings. The number of benzene rings is 1. The van der Waals surface area contributed by atoms with Gasteiger partial charge in [0.1, 0.15) is 0 Å². The van der Waals surface area contributed by atoms with Crippen molar-refractivity contribution in [2.24, 2.45) is 0 Å². The minimum Gasteiger partial charge on any atom is -0.392 e. The number of halogens is 1. The molecule has 1 heterocycles. The molecule has 1 nitrogen and oxygen atoms in total. The maximum Gasteiger partial charge on any atom is 0.0682 e. The minimum absolute atomic E-state index is 0.130. The van der Waals surface area contributed by atoms with Gasteiger partial charge in [0.2, 0.25) is 0 Å². The van der Waals surface area contributed by atoms with Crippen LogP contribution in [-0.4, -0.2) is 5.11 Å². The molecule has 0 bridgehead atoms. The van der Waals surface area contributed by atoms with E-state index in [1.165, 1.54) is 19.2 Å². The standard InChI is InChI=1S/C11H11IOS/c1-2-8-6-14-10-4-7(5-13)3-9(12)11(8)10/h3-4,6,13H,2,5H2,1H3. The summed E-state index contributed by atoms with van der Waals surface area (Å²) in [6, 6.07) is 4.15. The van der Waals surface area contributed by atoms with Crippen LogP contribution in [0.15, 0.2) is 17.5 Å². The molecule has 3 heteroatoms. The van der Waals surface area contributed by atoms with Crippen LogP contribution in [0.1, 0.15) is 18.1 Å². The molecule has 1 aromatic heterocycles. The molecule has 0 amide bonds. The van der Waals surface area contributed by atoms with E-state index in [0.717, 1.165) is 12.0 Å². The van der Waals surface area contributed by atoms with Crippen molar-refractivity contribution < 1.29 is 5.11 Å². The van der Waals surface area contributed by atoms with Crippen LogP contribution >= 0.6 is 33.9 Å². The van der Waals surface area contributed by atoms with Crippen molar-refractivity contribution in [1.82, 2.24) is 0 Å². The summed E-state index contributed by atoms with van der Waals surface area (Å²) in [5.41, 5.74) is 2.42. The van der Waals surface area contributed by atoms with Gasteiger partial charge in [-0.05, 0) is 57.7 Å². The number of aryl methyl sites for hydroxylation is 1. The van der Waals surface area contributed by atoms with E-state index in [-0.39, 0.29) is 6.61 Å². The molecule has 1 N–H and O–H groups in total. The van der Waals surface area contributed by atoms with E-state index in [4.69, 9.17) is 5.11 Å². The van der Waals surface area contributed by atoms with Gasteiger partial charge in [0.15, 0.2) is 0 Å². The fraction of sp³-hybridized carbons (Fsp3) is 0.273. The van der Waals surface area contributed by atoms with Crippen LogP contribution in [0.25, 0.3) is 10.1 Å². The van der Waals surface area contributed by atoms with Crippen LogP contribution in [0.3, 0.4) is 0 Å². The highest BCUT2D eigenvalue weighted by Crippen LogP contribution is 2.31. The van der Waals surface area contributed by atoms with Gasteiger partial charge in [-0.15, -0.1) is 11.3 Å². The molecule has 2 rings (SSSR count). The average molecular weight is 318 g/mol. The third-order valence-corrected chi connectivity index (χ3v) is 4.16. The Morgan fingerprint density at radius 1 is 1.43 bits per heavy atom. The third-order valence-electron chi connectivity index (χ3n) is 2.33. The summed E-state index contributed by atoms with van der Waals surface area (Å²) in [5.74, 6) is 0. The van der Waals surface area contributed by atoms with E-state index < -0.39 is 0 Å². The Morgan fingerprint density at radius 3 is 2.86 bits per heavy atom. The molecular formula is C11H11IOS. The fourth-order valence-corrected chi connectivity index (χ4v) is 3.94. The van der Waals surface area contributed by atoms with Crippen LogP contribution in [0.5, 0.6) is 0 Å². The number of thiophene rings is 1. The Labute approximate surface area is 101 Å². The van der Waals surface area contributed by atoms with Gasteiger partial charge in [-0.25, -0.2) is 0 Å². The van der Waals surface area contributed by atoms with Gasteiger partial charge in [0.05, 0.1) is 6.61 Å². The van der Waals surface area contributed by atoms with Crippen molar-refractivity contribution in [1.29, 1.82) is 0 Å². The lowest BCUT2D eigenvalue weighted by Crippen LogP contribution is -1.86. The van der Waals surface area contributed by atoms with Gasteiger partial charge in [0, 0.05) is 13.7 Å². The third kappa shape index (κ3) is 1.68. The Kier molecular flexibility index (Phi) is 3.09. The number of aliphatic hydroxyl groups is 1. The first kappa shape index (κ1) is 10.4. The molecule has 14 heavy (non-hydrogen) atoms. The lowest BCUT2D eigenvalue weighted by atomic mass is 10.1. The second-order valence-electron chi connectivity index (χ2n) is 3.22. The first-order valence-electron chi connectivity index (χ1n) is 4.55. The van der Waals surface area contributed by atoms with Gasteiger partial charge in [-0.1, -0.05) is 6.92 Å². The molecular weight excluding hydrogens is 307 g/mol. The fourth-order valence-electron chi connectivity index (χ4n) is 1.58. The Hall–Kier alpha value is -0.130. The molecule has 0 saturated heterocycles. The molecule has 2 aromatic rings. The molecule has 74 valence electrons. The summed E-state index contributed by atoms with van der Waals surface area (Å²) in [4.78, 5) is 0. The number of fused-ring (bicyclic) bond motifs is 1. The molecule has 0 atom stereocenters. The first-order chi connectivity index (χ1) is 6.76. The van der Waals surface area contributed by atoms with Crippen molar-refractivity contribution in [2.45, 2.75) is 20.0 Å². The highest BCUT2D eigenvalue weighted by molar-refractivity contribution is 14.1. The molecule has 0 aliphatic heterocycles. The second-order valence-corrected chi connectivity index (χ2v) is 5.30. The van der Waals surface area contributed by atoms with Gasteiger partial charge in [-0.3, -0.25) is 0 Å². The molecule has 0 unspecified atom stereocenters. The molecule has 0 aliphatic carbocycles. The summed E-state index contributed by atoms with van der Waals surface area (Å²) >= 11 is 4.11. The summed E-state index contributed by atoms with van der Waals surface area (Å²) < 4.78 is 2.54. The van der Waals surface area contributed by atoms with Crippen molar-refractivity contribution in [3.05, 3.63) is 32.2 Å². The van der Waals surface area contributed by atoms with E-state index in [1.807, 2.05) is 0 Å². The van der Waals surface area contributed by atoms with E-state index in [2.05, 4.69) is 47.0 Å². The second kappa shape index (κ2) is 4.16. The normalized spacial score (nSPS) is 11.1. The van der Waals surface area contributed by atoms with E-state index in [9.17, 15) is 0 Å². The zero-order valence-electron chi connectivity index (χ0n) is 7.88. The first-order valence-corrected chi connectivity index (χ1v) is 6.51. The Bertz CT molecular complexity index is 462. The summed E-state index contributed by atoms with van der Waals surface area (Å²) in [6.45, 7) is 2.31. The van der Waals surface area contributed by atoms with Gasteiger partial charge >= 0.3 is 0 Å². The predicted octanol–water partition coefficient (Wildman–Crippen LogP) is 3.56. The van der Waals surface area contributed by atoms with E-state index >= 15 is 0 Å². The smallest absolute Gasteiger partial charge is 0.0682 e. The van der Waals surface area contributed by atoms with Crippen LogP contribution < -0.4 is 0 Å². The van der Waals surface area contributed by atoms with Crippen LogP contribution in [0.4, 0.5) is 0 Å². The number of aliphatic hydroxyl groups excluding tert-OH is 1. The molecule has 0 spiro atoms. The maximum absolute atomic E-state index is 9.09. The van der Waals surface area contributed by atoms with Crippen LogP contribution in [0, 0.1) is 3.57 Å². The SMILES string of the molecule is CCc1csc2cc(CO)cc(I)c12. The summed E-state index contributed by atoms with van der Waals surface area (Å²) in [5, 5.41) is 12.7. The number of hydrogen-bond donors (Lipinski definition) is 1. The largest absolute Gasteiger partial charge is 0.392 e. The van der Waals surface area contributed by atoms with Crippen LogP contribution in [-0.2, 0) is 13.0 Å². The van der Waals surface area contributed by atoms with Crippen molar-refractivity contribution in [2.75, 3.05) is 0 Å². The topological polar surface area (TPSA) is 20.2 Å². The molecule has 1 aromatic carbocycles. The highest BCUT2D eigenvalue weighted by Gasteiger charge is 2.07. The molecule has 0 aliphatic rings. The lowest BCUT2D eigenvalue weighted by molar-refractivity contribution is 0.282. The number of rotatable bonds is 2. The minimum atomic E-state index is 0.130. The quantitative estimate of drug-likeness (QED) is 0.840. The van der Waals surface area contributed by atoms with Crippen LogP contribution in [0.2, 0.25) is 0 Å². The van der Waals surface area contributed by atoms with Gasteiger partial charge in [0.25, 0.3) is 0 Å². The highest BCUT2D eigenvalue weighted by atomic mass is 127. The van der Waals surface area contributed by atoms with E-state index in [0.29, 0.717) is 0 Å². The van der Waals surface area contributed by atoms with Gasteiger partial charge < -0.3 is 5.11 Å². The van der Waals surface area contributed by atoms with Crippen molar-refractivity contribution >= 4 is 44.0 Å². The number of hydrogen-bond acceptors (Lipinski definition) is 2.